The Morgan fingerprint density at radius 1 is 1.33 bits per heavy atom. The molecule has 1 aliphatic rings. The monoisotopic (exact) mass is 330 g/mol. The molecule has 0 spiro atoms. The van der Waals surface area contributed by atoms with Gasteiger partial charge in [-0.2, -0.15) is 0 Å². The van der Waals surface area contributed by atoms with E-state index in [1.165, 1.54) is 6.33 Å². The summed E-state index contributed by atoms with van der Waals surface area (Å²) in [6, 6.07) is 5.58. The zero-order chi connectivity index (χ0) is 16.9. The number of carbonyl (C=O) groups excluding carboxylic acids is 1. The predicted octanol–water partition coefficient (Wildman–Crippen LogP) is 2.55. The van der Waals surface area contributed by atoms with E-state index >= 15 is 0 Å². The summed E-state index contributed by atoms with van der Waals surface area (Å²) in [5.74, 6) is 0.547. The number of rotatable bonds is 6. The van der Waals surface area contributed by atoms with Crippen molar-refractivity contribution >= 4 is 17.4 Å². The van der Waals surface area contributed by atoms with Gasteiger partial charge in [-0.1, -0.05) is 6.92 Å². The second-order valence-corrected chi connectivity index (χ2v) is 5.48. The molecule has 126 valence electrons. The molecule has 0 fully saturated rings. The van der Waals surface area contributed by atoms with Crippen molar-refractivity contribution in [2.24, 2.45) is 0 Å². The maximum Gasteiger partial charge on any atom is 0.224 e. The first-order valence-corrected chi connectivity index (χ1v) is 7.96. The third kappa shape index (κ3) is 3.61. The highest BCUT2D eigenvalue weighted by molar-refractivity contribution is 5.93. The van der Waals surface area contributed by atoms with E-state index in [1.54, 1.807) is 0 Å². The van der Waals surface area contributed by atoms with Crippen molar-refractivity contribution in [1.82, 2.24) is 9.97 Å². The quantitative estimate of drug-likeness (QED) is 0.796. The number of aryl methyl sites for hydroxylation is 2. The molecule has 0 saturated carbocycles. The SMILES string of the molecule is CCc1ncnc(NCCOc2ccc3c(c2)CCC(=O)N3)c1F. The molecule has 2 aromatic rings. The number of ether oxygens (including phenoxy) is 1. The molecule has 0 aliphatic carbocycles. The van der Waals surface area contributed by atoms with Crippen LogP contribution in [0, 0.1) is 5.82 Å². The molecule has 1 amide bonds. The van der Waals surface area contributed by atoms with Gasteiger partial charge in [-0.25, -0.2) is 14.4 Å². The first-order valence-electron chi connectivity index (χ1n) is 7.96. The molecule has 0 unspecified atom stereocenters. The highest BCUT2D eigenvalue weighted by Gasteiger charge is 2.15. The number of benzene rings is 1. The third-order valence-electron chi connectivity index (χ3n) is 3.83. The van der Waals surface area contributed by atoms with Crippen molar-refractivity contribution in [1.29, 1.82) is 0 Å². The normalized spacial score (nSPS) is 13.2. The molecular formula is C17H19FN4O2. The highest BCUT2D eigenvalue weighted by Crippen LogP contribution is 2.26. The highest BCUT2D eigenvalue weighted by atomic mass is 19.1. The number of hydrogen-bond donors (Lipinski definition) is 2. The Morgan fingerprint density at radius 2 is 2.21 bits per heavy atom. The van der Waals surface area contributed by atoms with E-state index in [0.717, 1.165) is 17.0 Å². The van der Waals surface area contributed by atoms with Crippen LogP contribution in [0.3, 0.4) is 0 Å². The molecule has 2 heterocycles. The molecule has 6 nitrogen and oxygen atoms in total. The largest absolute Gasteiger partial charge is 0.492 e. The lowest BCUT2D eigenvalue weighted by atomic mass is 10.0. The first kappa shape index (κ1) is 16.2. The summed E-state index contributed by atoms with van der Waals surface area (Å²) in [7, 11) is 0. The Balaban J connectivity index is 1.53. The minimum absolute atomic E-state index is 0.0405. The molecule has 2 N–H and O–H groups in total. The van der Waals surface area contributed by atoms with Crippen LogP contribution in [0.25, 0.3) is 0 Å². The lowest BCUT2D eigenvalue weighted by molar-refractivity contribution is -0.116. The Labute approximate surface area is 139 Å². The maximum absolute atomic E-state index is 14.0. The summed E-state index contributed by atoms with van der Waals surface area (Å²) >= 11 is 0. The van der Waals surface area contributed by atoms with Crippen molar-refractivity contribution in [2.75, 3.05) is 23.8 Å². The van der Waals surface area contributed by atoms with E-state index in [9.17, 15) is 9.18 Å². The van der Waals surface area contributed by atoms with Gasteiger partial charge < -0.3 is 15.4 Å². The summed E-state index contributed by atoms with van der Waals surface area (Å²) < 4.78 is 19.7. The number of anilines is 2. The number of halogens is 1. The summed E-state index contributed by atoms with van der Waals surface area (Å²) in [6.07, 6.45) is 3.07. The van der Waals surface area contributed by atoms with Gasteiger partial charge in [0.05, 0.1) is 12.2 Å². The number of aromatic nitrogens is 2. The summed E-state index contributed by atoms with van der Waals surface area (Å²) in [5, 5.41) is 5.75. The van der Waals surface area contributed by atoms with Crippen molar-refractivity contribution in [3.8, 4) is 5.75 Å². The molecule has 0 atom stereocenters. The molecule has 3 rings (SSSR count). The molecule has 0 bridgehead atoms. The van der Waals surface area contributed by atoms with E-state index in [0.29, 0.717) is 38.1 Å². The van der Waals surface area contributed by atoms with Crippen LogP contribution in [0.2, 0.25) is 0 Å². The van der Waals surface area contributed by atoms with Crippen LogP contribution < -0.4 is 15.4 Å². The lowest BCUT2D eigenvalue weighted by Crippen LogP contribution is -2.19. The molecule has 24 heavy (non-hydrogen) atoms. The van der Waals surface area contributed by atoms with Gasteiger partial charge in [0.15, 0.2) is 11.6 Å². The average Bonchev–Trinajstić information content (AvgIpc) is 2.60. The van der Waals surface area contributed by atoms with Crippen molar-refractivity contribution < 1.29 is 13.9 Å². The van der Waals surface area contributed by atoms with Crippen LogP contribution >= 0.6 is 0 Å². The van der Waals surface area contributed by atoms with Crippen LogP contribution in [0.1, 0.15) is 24.6 Å². The van der Waals surface area contributed by atoms with Gasteiger partial charge >= 0.3 is 0 Å². The van der Waals surface area contributed by atoms with Crippen molar-refractivity contribution in [2.45, 2.75) is 26.2 Å². The molecule has 0 radical (unpaired) electrons. The fraction of sp³-hybridized carbons (Fsp3) is 0.353. The number of hydrogen-bond acceptors (Lipinski definition) is 5. The smallest absolute Gasteiger partial charge is 0.224 e. The molecule has 7 heteroatoms. The molecular weight excluding hydrogens is 311 g/mol. The van der Waals surface area contributed by atoms with Gasteiger partial charge in [-0.05, 0) is 36.6 Å². The maximum atomic E-state index is 14.0. The summed E-state index contributed by atoms with van der Waals surface area (Å²) in [4.78, 5) is 19.1. The van der Waals surface area contributed by atoms with E-state index in [1.807, 2.05) is 25.1 Å². The van der Waals surface area contributed by atoms with Gasteiger partial charge in [0, 0.05) is 12.1 Å². The number of fused-ring (bicyclic) bond motifs is 1. The van der Waals surface area contributed by atoms with Crippen LogP contribution in [0.15, 0.2) is 24.5 Å². The zero-order valence-electron chi connectivity index (χ0n) is 13.4. The number of nitrogens with zero attached hydrogens (tertiary/aromatic N) is 2. The second-order valence-electron chi connectivity index (χ2n) is 5.48. The fourth-order valence-electron chi connectivity index (χ4n) is 2.56. The van der Waals surface area contributed by atoms with Gasteiger partial charge in [0.25, 0.3) is 0 Å². The summed E-state index contributed by atoms with van der Waals surface area (Å²) in [5.41, 5.74) is 2.30. The first-order chi connectivity index (χ1) is 11.7. The molecule has 1 aliphatic heterocycles. The lowest BCUT2D eigenvalue weighted by Gasteiger charge is -2.17. The van der Waals surface area contributed by atoms with Gasteiger partial charge in [-0.3, -0.25) is 4.79 Å². The van der Waals surface area contributed by atoms with Crippen LogP contribution in [-0.4, -0.2) is 29.0 Å². The van der Waals surface area contributed by atoms with Crippen LogP contribution in [-0.2, 0) is 17.6 Å². The number of carbonyl (C=O) groups is 1. The summed E-state index contributed by atoms with van der Waals surface area (Å²) in [6.45, 7) is 2.64. The van der Waals surface area contributed by atoms with E-state index < -0.39 is 5.82 Å². The Bertz CT molecular complexity index is 751. The number of nitrogens with one attached hydrogen (secondary N) is 2. The van der Waals surface area contributed by atoms with E-state index in [-0.39, 0.29) is 11.7 Å². The fourth-order valence-corrected chi connectivity index (χ4v) is 2.56. The predicted molar refractivity (Wildman–Crippen MR) is 88.7 cm³/mol. The molecule has 0 saturated heterocycles. The Kier molecular flexibility index (Phi) is 4.88. The molecule has 1 aromatic heterocycles. The average molecular weight is 330 g/mol. The minimum Gasteiger partial charge on any atom is -0.492 e. The van der Waals surface area contributed by atoms with Crippen LogP contribution in [0.4, 0.5) is 15.9 Å². The topological polar surface area (TPSA) is 76.1 Å². The minimum atomic E-state index is -0.412. The standard InChI is InChI=1S/C17H19FN4O2/c1-2-13-16(18)17(21-10-20-13)19-7-8-24-12-4-5-14-11(9-12)3-6-15(23)22-14/h4-5,9-10H,2-3,6-8H2,1H3,(H,22,23)(H,19,20,21). The second kappa shape index (κ2) is 7.25. The third-order valence-corrected chi connectivity index (χ3v) is 3.83. The zero-order valence-corrected chi connectivity index (χ0v) is 13.4. The van der Waals surface area contributed by atoms with Gasteiger partial charge in [-0.15, -0.1) is 0 Å². The molecule has 1 aromatic carbocycles. The Hall–Kier alpha value is -2.70. The van der Waals surface area contributed by atoms with Crippen LogP contribution in [0.5, 0.6) is 5.75 Å². The van der Waals surface area contributed by atoms with E-state index in [2.05, 4.69) is 20.6 Å². The number of amides is 1. The van der Waals surface area contributed by atoms with E-state index in [4.69, 9.17) is 4.74 Å². The van der Waals surface area contributed by atoms with Crippen molar-refractivity contribution in [3.63, 3.8) is 0 Å². The Morgan fingerprint density at radius 3 is 3.04 bits per heavy atom. The van der Waals surface area contributed by atoms with Gasteiger partial charge in [0.1, 0.15) is 18.7 Å². The van der Waals surface area contributed by atoms with Crippen molar-refractivity contribution in [3.05, 3.63) is 41.6 Å². The van der Waals surface area contributed by atoms with Gasteiger partial charge in [0.2, 0.25) is 5.91 Å².